The van der Waals surface area contributed by atoms with E-state index in [0.29, 0.717) is 10.1 Å². The summed E-state index contributed by atoms with van der Waals surface area (Å²) in [5.41, 5.74) is 1.78. The van der Waals surface area contributed by atoms with Crippen molar-refractivity contribution in [2.24, 2.45) is 0 Å². The van der Waals surface area contributed by atoms with E-state index in [-0.39, 0.29) is 0 Å². The van der Waals surface area contributed by atoms with Gasteiger partial charge in [0.25, 0.3) is 0 Å². The molecule has 2 aromatic carbocycles. The molecule has 0 amide bonds. The van der Waals surface area contributed by atoms with Crippen LogP contribution in [0.5, 0.6) is 0 Å². The first kappa shape index (κ1) is 17.2. The molecule has 110 valence electrons. The van der Waals surface area contributed by atoms with Crippen LogP contribution in [0.25, 0.3) is 10.1 Å². The van der Waals surface area contributed by atoms with E-state index in [1.54, 1.807) is 8.25 Å². The van der Waals surface area contributed by atoms with Gasteiger partial charge >= 0.3 is 147 Å². The van der Waals surface area contributed by atoms with Gasteiger partial charge in [0.2, 0.25) is 0 Å². The minimum absolute atomic E-state index is 0.551. The predicted octanol–water partition coefficient (Wildman–Crippen LogP) is 6.54. The van der Waals surface area contributed by atoms with Crippen molar-refractivity contribution < 1.29 is 0 Å². The molecule has 0 spiro atoms. The van der Waals surface area contributed by atoms with E-state index < -0.39 is 15.9 Å². The zero-order chi connectivity index (χ0) is 15.3. The van der Waals surface area contributed by atoms with Crippen LogP contribution in [0.1, 0.15) is 11.1 Å². The molecule has 0 bridgehead atoms. The fourth-order valence-corrected chi connectivity index (χ4v) is 9.94. The van der Waals surface area contributed by atoms with E-state index in [1.165, 1.54) is 0 Å². The number of benzene rings is 2. The standard InChI is InChI=1S/C16H12Cl4Te/c17-15(13-7-3-1-4-8-13)11-21(19,20)12-16(18)14-9-5-2-6-10-14/h1-12H/b15-11+,16-12+. The van der Waals surface area contributed by atoms with E-state index in [4.69, 9.17) is 41.1 Å². The summed E-state index contributed by atoms with van der Waals surface area (Å²) in [5, 5.41) is 1.10. The van der Waals surface area contributed by atoms with E-state index in [0.717, 1.165) is 11.1 Å². The van der Waals surface area contributed by atoms with Gasteiger partial charge in [-0.2, -0.15) is 0 Å². The molecule has 0 heterocycles. The molecule has 0 aromatic heterocycles. The first-order chi connectivity index (χ1) is 9.98. The molecule has 0 fully saturated rings. The Bertz CT molecular complexity index is 591. The van der Waals surface area contributed by atoms with Crippen molar-refractivity contribution >= 4 is 67.1 Å². The topological polar surface area (TPSA) is 0 Å². The minimum atomic E-state index is -3.41. The predicted molar refractivity (Wildman–Crippen MR) is 98.0 cm³/mol. The van der Waals surface area contributed by atoms with Crippen molar-refractivity contribution in [2.45, 2.75) is 0 Å². The van der Waals surface area contributed by atoms with Crippen LogP contribution in [0, 0.1) is 0 Å². The summed E-state index contributed by atoms with van der Waals surface area (Å²) in [4.78, 5) is 0. The van der Waals surface area contributed by atoms with E-state index in [2.05, 4.69) is 0 Å². The maximum absolute atomic E-state index is 6.46. The van der Waals surface area contributed by atoms with Gasteiger partial charge in [-0.3, -0.25) is 0 Å². The van der Waals surface area contributed by atoms with E-state index in [1.807, 2.05) is 60.7 Å². The zero-order valence-electron chi connectivity index (χ0n) is 10.8. The summed E-state index contributed by atoms with van der Waals surface area (Å²) in [5.74, 6) is 0. The van der Waals surface area contributed by atoms with Crippen molar-refractivity contribution in [3.05, 3.63) is 80.0 Å². The molecule has 0 aliphatic heterocycles. The molecular formula is C16H12Cl4Te. The van der Waals surface area contributed by atoms with Gasteiger partial charge in [-0.05, 0) is 0 Å². The van der Waals surface area contributed by atoms with Gasteiger partial charge in [0.1, 0.15) is 0 Å². The Hall–Kier alpha value is -0.130. The van der Waals surface area contributed by atoms with Crippen molar-refractivity contribution in [3.8, 4) is 0 Å². The quantitative estimate of drug-likeness (QED) is 0.442. The van der Waals surface area contributed by atoms with Crippen LogP contribution in [-0.4, -0.2) is 15.9 Å². The molecule has 0 nitrogen and oxygen atoms in total. The molecule has 0 atom stereocenters. The fourth-order valence-electron chi connectivity index (χ4n) is 1.64. The molecular weight excluding hydrogens is 462 g/mol. The van der Waals surface area contributed by atoms with Crippen LogP contribution in [0.2, 0.25) is 0 Å². The number of halogens is 4. The summed E-state index contributed by atoms with van der Waals surface area (Å²) in [7, 11) is 12.9. The Balaban J connectivity index is 2.26. The Morgan fingerprint density at radius 3 is 1.33 bits per heavy atom. The van der Waals surface area contributed by atoms with Crippen molar-refractivity contribution in [2.75, 3.05) is 0 Å². The number of rotatable bonds is 4. The summed E-state index contributed by atoms with van der Waals surface area (Å²) < 4.78 is 3.49. The van der Waals surface area contributed by atoms with Crippen LogP contribution in [0.15, 0.2) is 68.9 Å². The van der Waals surface area contributed by atoms with E-state index >= 15 is 0 Å². The second kappa shape index (κ2) is 7.93. The molecule has 5 heteroatoms. The van der Waals surface area contributed by atoms with Gasteiger partial charge in [-0.15, -0.1) is 0 Å². The fraction of sp³-hybridized carbons (Fsp3) is 0. The van der Waals surface area contributed by atoms with Crippen molar-refractivity contribution in [1.82, 2.24) is 0 Å². The average Bonchev–Trinajstić information content (AvgIpc) is 2.48. The summed E-state index contributed by atoms with van der Waals surface area (Å²) in [6.07, 6.45) is 0. The molecule has 0 aliphatic carbocycles. The van der Waals surface area contributed by atoms with E-state index in [9.17, 15) is 0 Å². The summed E-state index contributed by atoms with van der Waals surface area (Å²) in [6.45, 7) is 0. The van der Waals surface area contributed by atoms with Crippen LogP contribution in [-0.2, 0) is 0 Å². The third-order valence-electron chi connectivity index (χ3n) is 2.62. The molecule has 2 rings (SSSR count). The Kier molecular flexibility index (Phi) is 6.51. The SMILES string of the molecule is Cl/C(=C/[Te](Cl)(Cl)/C=C(/Cl)c1ccccc1)c1ccccc1. The van der Waals surface area contributed by atoms with Crippen LogP contribution >= 0.6 is 41.1 Å². The van der Waals surface area contributed by atoms with Gasteiger partial charge in [0, 0.05) is 0 Å². The van der Waals surface area contributed by atoms with Crippen LogP contribution < -0.4 is 0 Å². The molecule has 0 N–H and O–H groups in total. The maximum atomic E-state index is 6.46. The average molecular weight is 474 g/mol. The molecule has 0 radical (unpaired) electrons. The number of hydrogen-bond donors (Lipinski definition) is 0. The number of hydrogen-bond acceptors (Lipinski definition) is 0. The normalized spacial score (nSPS) is 14.1. The first-order valence-electron chi connectivity index (χ1n) is 6.06. The molecule has 0 unspecified atom stereocenters. The molecule has 21 heavy (non-hydrogen) atoms. The zero-order valence-corrected chi connectivity index (χ0v) is 16.2. The Labute approximate surface area is 146 Å². The first-order valence-corrected chi connectivity index (χ1v) is 15.4. The third kappa shape index (κ3) is 5.53. The summed E-state index contributed by atoms with van der Waals surface area (Å²) >= 11 is 9.17. The van der Waals surface area contributed by atoms with Gasteiger partial charge in [-0.1, -0.05) is 0 Å². The third-order valence-corrected chi connectivity index (χ3v) is 9.62. The van der Waals surface area contributed by atoms with Gasteiger partial charge < -0.3 is 0 Å². The second-order valence-electron chi connectivity index (χ2n) is 4.21. The van der Waals surface area contributed by atoms with Crippen LogP contribution in [0.4, 0.5) is 0 Å². The monoisotopic (exact) mass is 474 g/mol. The Morgan fingerprint density at radius 1 is 0.667 bits per heavy atom. The molecule has 0 saturated carbocycles. The van der Waals surface area contributed by atoms with Crippen molar-refractivity contribution in [1.29, 1.82) is 0 Å². The van der Waals surface area contributed by atoms with Gasteiger partial charge in [-0.25, -0.2) is 0 Å². The van der Waals surface area contributed by atoms with Gasteiger partial charge in [0.15, 0.2) is 0 Å². The van der Waals surface area contributed by atoms with Crippen molar-refractivity contribution in [3.63, 3.8) is 0 Å². The summed E-state index contributed by atoms with van der Waals surface area (Å²) in [6, 6.07) is 19.1. The van der Waals surface area contributed by atoms with Crippen LogP contribution in [0.3, 0.4) is 0 Å². The Morgan fingerprint density at radius 2 is 1.00 bits per heavy atom. The molecule has 0 aliphatic rings. The second-order valence-corrected chi connectivity index (χ2v) is 17.4. The van der Waals surface area contributed by atoms with Gasteiger partial charge in [0.05, 0.1) is 0 Å². The molecule has 2 aromatic rings. The molecule has 0 saturated heterocycles.